The fraction of sp³-hybridized carbons (Fsp3) is 0.625. The SMILES string of the molecule is C=C(C)C(=O)OCCOC(C)O. The minimum absolute atomic E-state index is 0.136. The standard InChI is InChI=1S/C8H14O4/c1-6(2)8(10)12-5-4-11-7(3)9/h7,9H,1,4-5H2,2-3H3. The molecule has 0 spiro atoms. The first-order chi connectivity index (χ1) is 5.54. The van der Waals surface area contributed by atoms with E-state index < -0.39 is 12.3 Å². The van der Waals surface area contributed by atoms with Crippen LogP contribution in [0.1, 0.15) is 13.8 Å². The summed E-state index contributed by atoms with van der Waals surface area (Å²) in [5.41, 5.74) is 0.354. The lowest BCUT2D eigenvalue weighted by molar-refractivity contribution is -0.145. The van der Waals surface area contributed by atoms with Gasteiger partial charge in [-0.15, -0.1) is 0 Å². The molecule has 0 bridgehead atoms. The van der Waals surface area contributed by atoms with Crippen LogP contribution in [-0.4, -0.2) is 30.6 Å². The number of carbonyl (C=O) groups is 1. The summed E-state index contributed by atoms with van der Waals surface area (Å²) in [5.74, 6) is -0.441. The third kappa shape index (κ3) is 5.88. The van der Waals surface area contributed by atoms with Gasteiger partial charge in [-0.25, -0.2) is 4.79 Å². The van der Waals surface area contributed by atoms with Gasteiger partial charge in [-0.3, -0.25) is 0 Å². The molecule has 0 saturated carbocycles. The van der Waals surface area contributed by atoms with E-state index in [-0.39, 0.29) is 13.2 Å². The highest BCUT2D eigenvalue weighted by Crippen LogP contribution is 1.92. The molecule has 0 aromatic carbocycles. The van der Waals surface area contributed by atoms with Crippen molar-refractivity contribution in [2.75, 3.05) is 13.2 Å². The molecule has 0 aliphatic heterocycles. The number of ether oxygens (including phenoxy) is 2. The van der Waals surface area contributed by atoms with Gasteiger partial charge in [-0.1, -0.05) is 6.58 Å². The normalized spacial score (nSPS) is 12.2. The molecule has 1 unspecified atom stereocenters. The maximum absolute atomic E-state index is 10.7. The van der Waals surface area contributed by atoms with E-state index in [4.69, 9.17) is 9.84 Å². The number of esters is 1. The van der Waals surface area contributed by atoms with Crippen LogP contribution >= 0.6 is 0 Å². The molecule has 0 rings (SSSR count). The topological polar surface area (TPSA) is 55.8 Å². The minimum atomic E-state index is -0.825. The quantitative estimate of drug-likeness (QED) is 0.285. The lowest BCUT2D eigenvalue weighted by atomic mass is 10.4. The van der Waals surface area contributed by atoms with Crippen LogP contribution in [0.4, 0.5) is 0 Å². The molecule has 0 radical (unpaired) electrons. The molecule has 0 saturated heterocycles. The Morgan fingerprint density at radius 2 is 2.17 bits per heavy atom. The lowest BCUT2D eigenvalue weighted by Gasteiger charge is -2.06. The van der Waals surface area contributed by atoms with Crippen LogP contribution < -0.4 is 0 Å². The molecule has 70 valence electrons. The number of carbonyl (C=O) groups excluding carboxylic acids is 1. The van der Waals surface area contributed by atoms with E-state index in [1.165, 1.54) is 6.92 Å². The predicted molar refractivity (Wildman–Crippen MR) is 43.4 cm³/mol. The summed E-state index contributed by atoms with van der Waals surface area (Å²) in [5, 5.41) is 8.65. The molecule has 0 aliphatic rings. The van der Waals surface area contributed by atoms with Crippen molar-refractivity contribution in [3.63, 3.8) is 0 Å². The molecule has 4 nitrogen and oxygen atoms in total. The van der Waals surface area contributed by atoms with E-state index >= 15 is 0 Å². The van der Waals surface area contributed by atoms with Gasteiger partial charge >= 0.3 is 5.97 Å². The fourth-order valence-electron chi connectivity index (χ4n) is 0.476. The summed E-state index contributed by atoms with van der Waals surface area (Å²) >= 11 is 0. The Bertz CT molecular complexity index is 162. The first kappa shape index (κ1) is 11.1. The van der Waals surface area contributed by atoms with Gasteiger partial charge in [0.05, 0.1) is 6.61 Å². The van der Waals surface area contributed by atoms with Crippen molar-refractivity contribution in [3.05, 3.63) is 12.2 Å². The van der Waals surface area contributed by atoms with Crippen LogP contribution in [0.2, 0.25) is 0 Å². The van der Waals surface area contributed by atoms with Crippen molar-refractivity contribution in [2.45, 2.75) is 20.1 Å². The van der Waals surface area contributed by atoms with Gasteiger partial charge in [0.15, 0.2) is 6.29 Å². The largest absolute Gasteiger partial charge is 0.460 e. The molecule has 1 atom stereocenters. The minimum Gasteiger partial charge on any atom is -0.460 e. The number of aliphatic hydroxyl groups is 1. The van der Waals surface area contributed by atoms with Gasteiger partial charge in [0.1, 0.15) is 6.61 Å². The van der Waals surface area contributed by atoms with Crippen molar-refractivity contribution < 1.29 is 19.4 Å². The fourth-order valence-corrected chi connectivity index (χ4v) is 0.476. The molecular weight excluding hydrogens is 160 g/mol. The second-order valence-electron chi connectivity index (χ2n) is 2.39. The maximum atomic E-state index is 10.7. The van der Waals surface area contributed by atoms with Gasteiger partial charge in [-0.05, 0) is 13.8 Å². The van der Waals surface area contributed by atoms with Gasteiger partial charge in [0.25, 0.3) is 0 Å². The van der Waals surface area contributed by atoms with E-state index in [1.807, 2.05) is 0 Å². The van der Waals surface area contributed by atoms with Gasteiger partial charge < -0.3 is 14.6 Å². The zero-order chi connectivity index (χ0) is 9.56. The lowest BCUT2D eigenvalue weighted by Crippen LogP contribution is -2.14. The van der Waals surface area contributed by atoms with Crippen LogP contribution in [0.25, 0.3) is 0 Å². The zero-order valence-electron chi connectivity index (χ0n) is 7.37. The van der Waals surface area contributed by atoms with Gasteiger partial charge in [-0.2, -0.15) is 0 Å². The summed E-state index contributed by atoms with van der Waals surface area (Å²) < 4.78 is 9.40. The smallest absolute Gasteiger partial charge is 0.333 e. The predicted octanol–water partition coefficient (Wildman–Crippen LogP) is 0.461. The molecule has 1 N–H and O–H groups in total. The van der Waals surface area contributed by atoms with Crippen LogP contribution in [0.5, 0.6) is 0 Å². The summed E-state index contributed by atoms with van der Waals surface area (Å²) in [4.78, 5) is 10.7. The molecule has 0 aliphatic carbocycles. The Labute approximate surface area is 71.8 Å². The Morgan fingerprint density at radius 3 is 2.58 bits per heavy atom. The highest BCUT2D eigenvalue weighted by Gasteiger charge is 2.02. The first-order valence-electron chi connectivity index (χ1n) is 3.66. The molecule has 0 fully saturated rings. The number of hydrogen-bond acceptors (Lipinski definition) is 4. The van der Waals surface area contributed by atoms with E-state index in [0.29, 0.717) is 5.57 Å². The van der Waals surface area contributed by atoms with Gasteiger partial charge in [0, 0.05) is 5.57 Å². The zero-order valence-corrected chi connectivity index (χ0v) is 7.37. The molecular formula is C8H14O4. The summed E-state index contributed by atoms with van der Waals surface area (Å²) in [6.07, 6.45) is -0.825. The monoisotopic (exact) mass is 174 g/mol. The Hall–Kier alpha value is -0.870. The highest BCUT2D eigenvalue weighted by atomic mass is 16.6. The van der Waals surface area contributed by atoms with Gasteiger partial charge in [0.2, 0.25) is 0 Å². The van der Waals surface area contributed by atoms with Crippen molar-refractivity contribution in [1.82, 2.24) is 0 Å². The third-order valence-electron chi connectivity index (χ3n) is 1.02. The van der Waals surface area contributed by atoms with E-state index in [0.717, 1.165) is 0 Å². The average molecular weight is 174 g/mol. The number of rotatable bonds is 5. The number of aliphatic hydroxyl groups excluding tert-OH is 1. The summed E-state index contributed by atoms with van der Waals surface area (Å²) in [6, 6.07) is 0. The van der Waals surface area contributed by atoms with Crippen LogP contribution in [0.3, 0.4) is 0 Å². The van der Waals surface area contributed by atoms with Crippen molar-refractivity contribution in [3.8, 4) is 0 Å². The van der Waals surface area contributed by atoms with E-state index in [1.54, 1.807) is 6.92 Å². The molecule has 0 amide bonds. The second kappa shape index (κ2) is 5.74. The first-order valence-corrected chi connectivity index (χ1v) is 3.66. The van der Waals surface area contributed by atoms with Crippen molar-refractivity contribution >= 4 is 5.97 Å². The van der Waals surface area contributed by atoms with Crippen molar-refractivity contribution in [2.24, 2.45) is 0 Å². The highest BCUT2D eigenvalue weighted by molar-refractivity contribution is 5.86. The molecule has 0 aromatic heterocycles. The van der Waals surface area contributed by atoms with Crippen LogP contribution in [-0.2, 0) is 14.3 Å². The summed E-state index contributed by atoms with van der Waals surface area (Å²) in [7, 11) is 0. The van der Waals surface area contributed by atoms with E-state index in [2.05, 4.69) is 11.3 Å². The Balaban J connectivity index is 3.32. The summed E-state index contributed by atoms with van der Waals surface area (Å²) in [6.45, 7) is 6.78. The molecule has 12 heavy (non-hydrogen) atoms. The Morgan fingerprint density at radius 1 is 1.58 bits per heavy atom. The third-order valence-corrected chi connectivity index (χ3v) is 1.02. The molecule has 0 aromatic rings. The average Bonchev–Trinajstić information content (AvgIpc) is 1.97. The van der Waals surface area contributed by atoms with Crippen LogP contribution in [0, 0.1) is 0 Å². The second-order valence-corrected chi connectivity index (χ2v) is 2.39. The number of hydrogen-bond donors (Lipinski definition) is 1. The van der Waals surface area contributed by atoms with E-state index in [9.17, 15) is 4.79 Å². The molecule has 4 heteroatoms. The van der Waals surface area contributed by atoms with Crippen molar-refractivity contribution in [1.29, 1.82) is 0 Å². The maximum Gasteiger partial charge on any atom is 0.333 e. The van der Waals surface area contributed by atoms with Crippen LogP contribution in [0.15, 0.2) is 12.2 Å². The molecule has 0 heterocycles. The Kier molecular flexibility index (Phi) is 5.32.